The Morgan fingerprint density at radius 2 is 2.05 bits per heavy atom. The predicted octanol–water partition coefficient (Wildman–Crippen LogP) is 2.15. The third-order valence-electron chi connectivity index (χ3n) is 4.21. The Morgan fingerprint density at radius 1 is 1.23 bits per heavy atom. The number of carbonyl (C=O) groups excluding carboxylic acids is 1. The van der Waals surface area contributed by atoms with Crippen molar-refractivity contribution < 1.29 is 14.7 Å². The first-order valence-electron chi connectivity index (χ1n) is 7.48. The Morgan fingerprint density at radius 3 is 2.82 bits per heavy atom. The summed E-state index contributed by atoms with van der Waals surface area (Å²) in [7, 11) is 0. The first-order chi connectivity index (χ1) is 10.6. The number of nitrogens with one attached hydrogen (secondary N) is 1. The molecule has 5 nitrogen and oxygen atoms in total. The summed E-state index contributed by atoms with van der Waals surface area (Å²) in [6.07, 6.45) is 3.88. The minimum Gasteiger partial charge on any atom is -0.481 e. The molecule has 0 saturated heterocycles. The van der Waals surface area contributed by atoms with Crippen LogP contribution in [0.3, 0.4) is 0 Å². The topological polar surface area (TPSA) is 79.3 Å². The zero-order valence-electron chi connectivity index (χ0n) is 12.2. The summed E-state index contributed by atoms with van der Waals surface area (Å²) in [5.41, 5.74) is 1.73. The Bertz CT molecular complexity index is 709. The normalized spacial score (nSPS) is 20.9. The highest BCUT2D eigenvalue weighted by Crippen LogP contribution is 2.25. The predicted molar refractivity (Wildman–Crippen MR) is 82.4 cm³/mol. The minimum atomic E-state index is -0.769. The summed E-state index contributed by atoms with van der Waals surface area (Å²) in [5, 5.41) is 13.0. The van der Waals surface area contributed by atoms with Crippen LogP contribution in [0.15, 0.2) is 36.5 Å². The summed E-state index contributed by atoms with van der Waals surface area (Å²) in [6, 6.07) is 9.61. The van der Waals surface area contributed by atoms with E-state index in [2.05, 4.69) is 10.3 Å². The molecule has 0 spiro atoms. The number of carboxylic acid groups (broad SMARTS) is 1. The molecular formula is C17H18N2O3. The number of aromatic nitrogens is 1. The zero-order valence-corrected chi connectivity index (χ0v) is 12.2. The average Bonchev–Trinajstić information content (AvgIpc) is 2.96. The van der Waals surface area contributed by atoms with Crippen LogP contribution >= 0.6 is 0 Å². The Kier molecular flexibility index (Phi) is 4.04. The van der Waals surface area contributed by atoms with Crippen molar-refractivity contribution in [2.45, 2.75) is 31.7 Å². The Balaban J connectivity index is 1.65. The molecule has 0 unspecified atom stereocenters. The lowest BCUT2D eigenvalue weighted by molar-refractivity contribution is -0.141. The third kappa shape index (κ3) is 3.08. The van der Waals surface area contributed by atoms with E-state index in [1.165, 1.54) is 0 Å². The van der Waals surface area contributed by atoms with Gasteiger partial charge in [0.15, 0.2) is 0 Å². The minimum absolute atomic E-state index is 0.0310. The maximum atomic E-state index is 12.2. The number of amides is 1. The number of pyridine rings is 1. The second-order valence-corrected chi connectivity index (χ2v) is 5.78. The number of para-hydroxylation sites is 1. The molecule has 1 saturated carbocycles. The number of carbonyl (C=O) groups is 2. The number of benzene rings is 1. The molecule has 2 aromatic rings. The largest absolute Gasteiger partial charge is 0.481 e. The third-order valence-corrected chi connectivity index (χ3v) is 4.21. The van der Waals surface area contributed by atoms with Crippen LogP contribution in [-0.2, 0) is 16.0 Å². The molecule has 1 aromatic carbocycles. The number of carboxylic acids is 1. The molecule has 1 aliphatic rings. The van der Waals surface area contributed by atoms with Crippen molar-refractivity contribution in [3.05, 3.63) is 42.1 Å². The highest BCUT2D eigenvalue weighted by molar-refractivity contribution is 5.87. The summed E-state index contributed by atoms with van der Waals surface area (Å²) >= 11 is 0. The summed E-state index contributed by atoms with van der Waals surface area (Å²) < 4.78 is 0. The van der Waals surface area contributed by atoms with E-state index in [1.807, 2.05) is 30.3 Å². The van der Waals surface area contributed by atoms with Gasteiger partial charge in [0, 0.05) is 17.6 Å². The molecule has 3 rings (SSSR count). The monoisotopic (exact) mass is 298 g/mol. The van der Waals surface area contributed by atoms with Crippen molar-refractivity contribution in [1.82, 2.24) is 10.3 Å². The molecule has 2 atom stereocenters. The molecule has 2 N–H and O–H groups in total. The molecule has 1 fully saturated rings. The quantitative estimate of drug-likeness (QED) is 0.906. The summed E-state index contributed by atoms with van der Waals surface area (Å²) in [4.78, 5) is 27.5. The van der Waals surface area contributed by atoms with Gasteiger partial charge < -0.3 is 10.4 Å². The van der Waals surface area contributed by atoms with E-state index in [-0.39, 0.29) is 24.3 Å². The van der Waals surface area contributed by atoms with Gasteiger partial charge in [0.1, 0.15) is 0 Å². The highest BCUT2D eigenvalue weighted by Gasteiger charge is 2.30. The van der Waals surface area contributed by atoms with Crippen molar-refractivity contribution >= 4 is 22.8 Å². The molecule has 0 bridgehead atoms. The fourth-order valence-corrected chi connectivity index (χ4v) is 3.10. The number of fused-ring (bicyclic) bond motifs is 1. The smallest absolute Gasteiger partial charge is 0.306 e. The fraction of sp³-hybridized carbons (Fsp3) is 0.353. The van der Waals surface area contributed by atoms with Crippen LogP contribution < -0.4 is 5.32 Å². The maximum Gasteiger partial charge on any atom is 0.306 e. The lowest BCUT2D eigenvalue weighted by Crippen LogP contribution is -2.34. The van der Waals surface area contributed by atoms with Crippen LogP contribution in [0.25, 0.3) is 10.9 Å². The van der Waals surface area contributed by atoms with Crippen LogP contribution in [0, 0.1) is 5.92 Å². The molecule has 0 aliphatic heterocycles. The number of aliphatic carboxylic acids is 1. The lowest BCUT2D eigenvalue weighted by atomic mass is 10.1. The summed E-state index contributed by atoms with van der Waals surface area (Å²) in [6.45, 7) is 0. The van der Waals surface area contributed by atoms with E-state index >= 15 is 0 Å². The van der Waals surface area contributed by atoms with Gasteiger partial charge >= 0.3 is 5.97 Å². The van der Waals surface area contributed by atoms with Crippen molar-refractivity contribution in [3.63, 3.8) is 0 Å². The Labute approximate surface area is 128 Å². The van der Waals surface area contributed by atoms with Gasteiger partial charge in [0.25, 0.3) is 0 Å². The van der Waals surface area contributed by atoms with Crippen LogP contribution in [0.1, 0.15) is 24.8 Å². The zero-order chi connectivity index (χ0) is 15.5. The first-order valence-corrected chi connectivity index (χ1v) is 7.48. The highest BCUT2D eigenvalue weighted by atomic mass is 16.4. The first kappa shape index (κ1) is 14.5. The molecule has 0 radical (unpaired) electrons. The molecule has 1 amide bonds. The number of hydrogen-bond acceptors (Lipinski definition) is 3. The van der Waals surface area contributed by atoms with Crippen molar-refractivity contribution in [1.29, 1.82) is 0 Å². The second-order valence-electron chi connectivity index (χ2n) is 5.78. The molecule has 1 aromatic heterocycles. The van der Waals surface area contributed by atoms with Gasteiger partial charge in [-0.15, -0.1) is 0 Å². The van der Waals surface area contributed by atoms with Crippen LogP contribution in [-0.4, -0.2) is 28.0 Å². The summed E-state index contributed by atoms with van der Waals surface area (Å²) in [5.74, 6) is -1.17. The van der Waals surface area contributed by atoms with Gasteiger partial charge in [-0.25, -0.2) is 0 Å². The van der Waals surface area contributed by atoms with Gasteiger partial charge in [0.05, 0.1) is 17.9 Å². The molecule has 1 aliphatic carbocycles. The molecule has 5 heteroatoms. The number of rotatable bonds is 4. The average molecular weight is 298 g/mol. The van der Waals surface area contributed by atoms with Gasteiger partial charge in [0.2, 0.25) is 5.91 Å². The van der Waals surface area contributed by atoms with Crippen molar-refractivity contribution in [3.8, 4) is 0 Å². The lowest BCUT2D eigenvalue weighted by Gasteiger charge is -2.13. The Hall–Kier alpha value is -2.43. The molecule has 22 heavy (non-hydrogen) atoms. The molecular weight excluding hydrogens is 280 g/mol. The van der Waals surface area contributed by atoms with E-state index in [1.54, 1.807) is 6.20 Å². The van der Waals surface area contributed by atoms with Gasteiger partial charge in [-0.1, -0.05) is 24.3 Å². The molecule has 114 valence electrons. The standard InChI is InChI=1S/C17H18N2O3/c20-15(19-14-7-6-13(9-14)17(21)22)10-12-4-1-3-11-5-2-8-18-16(11)12/h1-5,8,13-14H,6-7,9-10H2,(H,19,20)(H,21,22)/t13-,14+/m1/s1. The van der Waals surface area contributed by atoms with E-state index in [0.717, 1.165) is 22.9 Å². The molecule has 1 heterocycles. The van der Waals surface area contributed by atoms with Crippen LogP contribution in [0.2, 0.25) is 0 Å². The van der Waals surface area contributed by atoms with Crippen LogP contribution in [0.4, 0.5) is 0 Å². The van der Waals surface area contributed by atoms with Crippen molar-refractivity contribution in [2.24, 2.45) is 5.92 Å². The fourth-order valence-electron chi connectivity index (χ4n) is 3.10. The van der Waals surface area contributed by atoms with Gasteiger partial charge in [-0.2, -0.15) is 0 Å². The van der Waals surface area contributed by atoms with E-state index < -0.39 is 5.97 Å². The van der Waals surface area contributed by atoms with Gasteiger partial charge in [-0.3, -0.25) is 14.6 Å². The SMILES string of the molecule is O=C(Cc1cccc2cccnc12)N[C@H]1CC[C@@H](C(=O)O)C1. The maximum absolute atomic E-state index is 12.2. The van der Waals surface area contributed by atoms with Gasteiger partial charge in [-0.05, 0) is 30.9 Å². The number of hydrogen-bond donors (Lipinski definition) is 2. The number of nitrogens with zero attached hydrogens (tertiary/aromatic N) is 1. The van der Waals surface area contributed by atoms with E-state index in [4.69, 9.17) is 5.11 Å². The van der Waals surface area contributed by atoms with E-state index in [9.17, 15) is 9.59 Å². The van der Waals surface area contributed by atoms with E-state index in [0.29, 0.717) is 12.8 Å². The second kappa shape index (κ2) is 6.13. The van der Waals surface area contributed by atoms with Crippen LogP contribution in [0.5, 0.6) is 0 Å². The van der Waals surface area contributed by atoms with Crippen molar-refractivity contribution in [2.75, 3.05) is 0 Å².